The van der Waals surface area contributed by atoms with E-state index in [4.69, 9.17) is 9.72 Å². The van der Waals surface area contributed by atoms with E-state index in [0.717, 1.165) is 29.4 Å². The Labute approximate surface area is 118 Å². The largest absolute Gasteiger partial charge is 0.497 e. The Morgan fingerprint density at radius 2 is 2.26 bits per heavy atom. The molecule has 1 heterocycles. The molecular weight excluding hydrogens is 256 g/mol. The molecule has 1 atom stereocenters. The van der Waals surface area contributed by atoms with Crippen LogP contribution in [0.5, 0.6) is 5.75 Å². The molecule has 1 unspecified atom stereocenters. The lowest BCUT2D eigenvalue weighted by molar-refractivity contribution is 0.414. The van der Waals surface area contributed by atoms with Crippen LogP contribution in [0.25, 0.3) is 0 Å². The molecule has 3 nitrogen and oxygen atoms in total. The van der Waals surface area contributed by atoms with Crippen LogP contribution in [-0.2, 0) is 6.42 Å². The Hall–Kier alpha value is -1.39. The fourth-order valence-corrected chi connectivity index (χ4v) is 2.89. The zero-order valence-electron chi connectivity index (χ0n) is 11.6. The average molecular weight is 276 g/mol. The predicted molar refractivity (Wildman–Crippen MR) is 80.0 cm³/mol. The van der Waals surface area contributed by atoms with Gasteiger partial charge in [0.25, 0.3) is 0 Å². The molecule has 0 saturated carbocycles. The molecule has 0 radical (unpaired) electrons. The van der Waals surface area contributed by atoms with Crippen LogP contribution < -0.4 is 10.1 Å². The van der Waals surface area contributed by atoms with Crippen molar-refractivity contribution in [1.82, 2.24) is 10.3 Å². The summed E-state index contributed by atoms with van der Waals surface area (Å²) in [6, 6.07) is 8.47. The van der Waals surface area contributed by atoms with E-state index in [1.165, 1.54) is 5.56 Å². The standard InChI is InChI=1S/C15H20N2OS/c1-4-16-11(2)14-10-19-15(17-14)9-12-6-5-7-13(8-12)18-3/h5-8,10-11,16H,4,9H2,1-3H3. The molecule has 0 amide bonds. The average Bonchev–Trinajstić information content (AvgIpc) is 2.88. The smallest absolute Gasteiger partial charge is 0.119 e. The van der Waals surface area contributed by atoms with E-state index in [9.17, 15) is 0 Å². The molecule has 4 heteroatoms. The van der Waals surface area contributed by atoms with Gasteiger partial charge >= 0.3 is 0 Å². The summed E-state index contributed by atoms with van der Waals surface area (Å²) in [6.07, 6.45) is 0.862. The number of thiazole rings is 1. The summed E-state index contributed by atoms with van der Waals surface area (Å²) in [5.74, 6) is 0.898. The summed E-state index contributed by atoms with van der Waals surface area (Å²) in [4.78, 5) is 4.69. The number of benzene rings is 1. The number of nitrogens with one attached hydrogen (secondary N) is 1. The van der Waals surface area contributed by atoms with E-state index in [0.29, 0.717) is 6.04 Å². The number of aromatic nitrogens is 1. The number of methoxy groups -OCH3 is 1. The molecule has 0 aliphatic rings. The monoisotopic (exact) mass is 276 g/mol. The lowest BCUT2D eigenvalue weighted by Gasteiger charge is -2.08. The van der Waals surface area contributed by atoms with E-state index in [1.54, 1.807) is 18.4 Å². The van der Waals surface area contributed by atoms with Crippen molar-refractivity contribution < 1.29 is 4.74 Å². The van der Waals surface area contributed by atoms with Crippen LogP contribution in [-0.4, -0.2) is 18.6 Å². The van der Waals surface area contributed by atoms with Crippen LogP contribution in [0.15, 0.2) is 29.6 Å². The van der Waals surface area contributed by atoms with E-state index >= 15 is 0 Å². The number of ether oxygens (including phenoxy) is 1. The first kappa shape index (κ1) is 14.0. The minimum Gasteiger partial charge on any atom is -0.497 e. The van der Waals surface area contributed by atoms with E-state index in [2.05, 4.69) is 36.7 Å². The number of hydrogen-bond acceptors (Lipinski definition) is 4. The molecule has 1 N–H and O–H groups in total. The summed E-state index contributed by atoms with van der Waals surface area (Å²) >= 11 is 1.72. The fourth-order valence-electron chi connectivity index (χ4n) is 1.97. The minimum atomic E-state index is 0.320. The molecule has 0 aliphatic heterocycles. The third kappa shape index (κ3) is 3.78. The second-order valence-electron chi connectivity index (χ2n) is 4.47. The zero-order valence-corrected chi connectivity index (χ0v) is 12.5. The fraction of sp³-hybridized carbons (Fsp3) is 0.400. The number of nitrogens with zero attached hydrogens (tertiary/aromatic N) is 1. The molecule has 0 bridgehead atoms. The molecule has 1 aromatic heterocycles. The Morgan fingerprint density at radius 3 is 3.00 bits per heavy atom. The van der Waals surface area contributed by atoms with Crippen LogP contribution in [0.1, 0.15) is 36.2 Å². The minimum absolute atomic E-state index is 0.320. The van der Waals surface area contributed by atoms with Gasteiger partial charge in [0.2, 0.25) is 0 Å². The third-order valence-corrected chi connectivity index (χ3v) is 3.88. The van der Waals surface area contributed by atoms with Crippen molar-refractivity contribution in [2.45, 2.75) is 26.3 Å². The molecule has 19 heavy (non-hydrogen) atoms. The highest BCUT2D eigenvalue weighted by Crippen LogP contribution is 2.21. The molecule has 2 aromatic rings. The summed E-state index contributed by atoms with van der Waals surface area (Å²) in [5.41, 5.74) is 2.36. The highest BCUT2D eigenvalue weighted by Gasteiger charge is 2.09. The summed E-state index contributed by atoms with van der Waals surface area (Å²) < 4.78 is 5.24. The summed E-state index contributed by atoms with van der Waals surface area (Å²) in [7, 11) is 1.69. The topological polar surface area (TPSA) is 34.1 Å². The molecular formula is C15H20N2OS. The van der Waals surface area contributed by atoms with Crippen molar-refractivity contribution >= 4 is 11.3 Å². The highest BCUT2D eigenvalue weighted by molar-refractivity contribution is 7.09. The SMILES string of the molecule is CCNC(C)c1csc(Cc2cccc(OC)c2)n1. The maximum absolute atomic E-state index is 5.24. The van der Waals surface area contributed by atoms with E-state index in [-0.39, 0.29) is 0 Å². The lowest BCUT2D eigenvalue weighted by Crippen LogP contribution is -2.17. The van der Waals surface area contributed by atoms with Gasteiger partial charge in [0.15, 0.2) is 0 Å². The molecule has 1 aromatic carbocycles. The van der Waals surface area contributed by atoms with Gasteiger partial charge in [0.05, 0.1) is 17.8 Å². The molecule has 2 rings (SSSR count). The second kappa shape index (κ2) is 6.68. The van der Waals surface area contributed by atoms with Crippen molar-refractivity contribution in [2.75, 3.05) is 13.7 Å². The normalized spacial score (nSPS) is 12.4. The first-order valence-electron chi connectivity index (χ1n) is 6.53. The molecule has 0 spiro atoms. The Balaban J connectivity index is 2.06. The van der Waals surface area contributed by atoms with Crippen molar-refractivity contribution in [2.24, 2.45) is 0 Å². The van der Waals surface area contributed by atoms with Crippen molar-refractivity contribution in [3.8, 4) is 5.75 Å². The first-order valence-corrected chi connectivity index (χ1v) is 7.41. The third-order valence-electron chi connectivity index (χ3n) is 3.01. The van der Waals surface area contributed by atoms with Gasteiger partial charge in [-0.05, 0) is 31.2 Å². The van der Waals surface area contributed by atoms with Crippen LogP contribution in [0.4, 0.5) is 0 Å². The van der Waals surface area contributed by atoms with Crippen molar-refractivity contribution in [3.63, 3.8) is 0 Å². The number of rotatable bonds is 6. The quantitative estimate of drug-likeness (QED) is 0.878. The summed E-state index contributed by atoms with van der Waals surface area (Å²) in [6.45, 7) is 5.22. The highest BCUT2D eigenvalue weighted by atomic mass is 32.1. The van der Waals surface area contributed by atoms with Gasteiger partial charge in [-0.3, -0.25) is 0 Å². The molecule has 0 saturated heterocycles. The Morgan fingerprint density at radius 1 is 1.42 bits per heavy atom. The maximum Gasteiger partial charge on any atom is 0.119 e. The van der Waals surface area contributed by atoms with Gasteiger partial charge in [-0.25, -0.2) is 4.98 Å². The van der Waals surface area contributed by atoms with Crippen LogP contribution in [0, 0.1) is 0 Å². The van der Waals surface area contributed by atoms with Crippen molar-refractivity contribution in [3.05, 3.63) is 45.9 Å². The Kier molecular flexibility index (Phi) is 4.93. The molecule has 102 valence electrons. The maximum atomic E-state index is 5.24. The van der Waals surface area contributed by atoms with Crippen LogP contribution >= 0.6 is 11.3 Å². The second-order valence-corrected chi connectivity index (χ2v) is 5.42. The van der Waals surface area contributed by atoms with E-state index < -0.39 is 0 Å². The summed E-state index contributed by atoms with van der Waals surface area (Å²) in [5, 5.41) is 6.67. The van der Waals surface area contributed by atoms with Crippen LogP contribution in [0.3, 0.4) is 0 Å². The first-order chi connectivity index (χ1) is 9.22. The van der Waals surface area contributed by atoms with Gasteiger partial charge in [0, 0.05) is 17.8 Å². The van der Waals surface area contributed by atoms with E-state index in [1.807, 2.05) is 12.1 Å². The lowest BCUT2D eigenvalue weighted by atomic mass is 10.1. The Bertz CT molecular complexity index is 524. The zero-order chi connectivity index (χ0) is 13.7. The number of hydrogen-bond donors (Lipinski definition) is 1. The molecule has 0 aliphatic carbocycles. The van der Waals surface area contributed by atoms with Gasteiger partial charge in [-0.15, -0.1) is 11.3 Å². The van der Waals surface area contributed by atoms with Gasteiger partial charge in [-0.2, -0.15) is 0 Å². The van der Waals surface area contributed by atoms with Gasteiger partial charge < -0.3 is 10.1 Å². The predicted octanol–water partition coefficient (Wildman–Crippen LogP) is 3.41. The van der Waals surface area contributed by atoms with Gasteiger partial charge in [-0.1, -0.05) is 19.1 Å². The molecule has 0 fully saturated rings. The van der Waals surface area contributed by atoms with Gasteiger partial charge in [0.1, 0.15) is 5.75 Å². The van der Waals surface area contributed by atoms with Crippen molar-refractivity contribution in [1.29, 1.82) is 0 Å². The van der Waals surface area contributed by atoms with Crippen LogP contribution in [0.2, 0.25) is 0 Å².